The van der Waals surface area contributed by atoms with Crippen molar-refractivity contribution in [3.05, 3.63) is 60.8 Å². The van der Waals surface area contributed by atoms with Crippen molar-refractivity contribution in [3.8, 4) is 0 Å². The van der Waals surface area contributed by atoms with Crippen LogP contribution in [0.5, 0.6) is 0 Å². The van der Waals surface area contributed by atoms with Gasteiger partial charge in [0.05, 0.1) is 5.92 Å². The van der Waals surface area contributed by atoms with Gasteiger partial charge in [-0.15, -0.1) is 0 Å². The van der Waals surface area contributed by atoms with E-state index in [1.165, 1.54) is 0 Å². The summed E-state index contributed by atoms with van der Waals surface area (Å²) in [6.45, 7) is 6.19. The van der Waals surface area contributed by atoms with Crippen molar-refractivity contribution in [2.75, 3.05) is 0 Å². The van der Waals surface area contributed by atoms with Crippen LogP contribution in [-0.4, -0.2) is 22.2 Å². The molecule has 0 unspecified atom stereocenters. The highest BCUT2D eigenvalue weighted by atomic mass is 16.4. The predicted octanol–water partition coefficient (Wildman–Crippen LogP) is 9.06. The van der Waals surface area contributed by atoms with Crippen molar-refractivity contribution < 1.29 is 19.8 Å². The Morgan fingerprint density at radius 1 is 0.618 bits per heavy atom. The number of aliphatic carboxylic acids is 2. The summed E-state index contributed by atoms with van der Waals surface area (Å²) in [5.74, 6) is -1.43. The van der Waals surface area contributed by atoms with Crippen molar-refractivity contribution >= 4 is 11.9 Å². The summed E-state index contributed by atoms with van der Waals surface area (Å²) < 4.78 is 0. The van der Waals surface area contributed by atoms with E-state index in [-0.39, 0.29) is 5.92 Å². The van der Waals surface area contributed by atoms with E-state index in [9.17, 15) is 9.59 Å². The molecule has 0 atom stereocenters. The Morgan fingerprint density at radius 3 is 1.44 bits per heavy atom. The molecule has 0 aromatic rings. The smallest absolute Gasteiger partial charge is 0.306 e. The molecule has 4 nitrogen and oxygen atoms in total. The van der Waals surface area contributed by atoms with E-state index in [1.807, 2.05) is 13.8 Å². The van der Waals surface area contributed by atoms with E-state index >= 15 is 0 Å². The first-order valence-corrected chi connectivity index (χ1v) is 13.2. The Labute approximate surface area is 209 Å². The molecular formula is C30H50O4. The Hall–Kier alpha value is -2.36. The summed E-state index contributed by atoms with van der Waals surface area (Å²) >= 11 is 0. The SMILES string of the molecule is CCC=CCC=CCC=CCC=CCC=CCCCCCC(=O)O.CCCC(CCC)C(=O)O. The summed E-state index contributed by atoms with van der Waals surface area (Å²) in [4.78, 5) is 20.8. The lowest BCUT2D eigenvalue weighted by atomic mass is 9.99. The highest BCUT2D eigenvalue weighted by Crippen LogP contribution is 2.12. The third-order valence-electron chi connectivity index (χ3n) is 5.04. The molecule has 0 rings (SSSR count). The van der Waals surface area contributed by atoms with Gasteiger partial charge >= 0.3 is 11.9 Å². The van der Waals surface area contributed by atoms with Gasteiger partial charge in [-0.1, -0.05) is 101 Å². The summed E-state index contributed by atoms with van der Waals surface area (Å²) in [7, 11) is 0. The van der Waals surface area contributed by atoms with E-state index < -0.39 is 11.9 Å². The molecule has 0 aliphatic carbocycles. The molecule has 0 radical (unpaired) electrons. The molecule has 2 N–H and O–H groups in total. The normalized spacial score (nSPS) is 12.0. The first-order chi connectivity index (χ1) is 16.5. The van der Waals surface area contributed by atoms with Crippen LogP contribution >= 0.6 is 0 Å². The van der Waals surface area contributed by atoms with Crippen LogP contribution in [0.3, 0.4) is 0 Å². The monoisotopic (exact) mass is 474 g/mol. The van der Waals surface area contributed by atoms with Gasteiger partial charge in [-0.05, 0) is 64.2 Å². The molecule has 34 heavy (non-hydrogen) atoms. The molecule has 194 valence electrons. The topological polar surface area (TPSA) is 74.6 Å². The quantitative estimate of drug-likeness (QED) is 0.136. The third-order valence-corrected chi connectivity index (χ3v) is 5.04. The van der Waals surface area contributed by atoms with Crippen molar-refractivity contribution in [1.29, 1.82) is 0 Å². The van der Waals surface area contributed by atoms with Crippen molar-refractivity contribution in [3.63, 3.8) is 0 Å². The van der Waals surface area contributed by atoms with Gasteiger partial charge in [0.1, 0.15) is 0 Å². The van der Waals surface area contributed by atoms with Crippen LogP contribution < -0.4 is 0 Å². The van der Waals surface area contributed by atoms with Gasteiger partial charge in [0.25, 0.3) is 0 Å². The van der Waals surface area contributed by atoms with Crippen LogP contribution in [0.15, 0.2) is 60.8 Å². The fraction of sp³-hybridized carbons (Fsp3) is 0.600. The molecule has 0 spiro atoms. The first-order valence-electron chi connectivity index (χ1n) is 13.2. The second-order valence-corrected chi connectivity index (χ2v) is 8.31. The van der Waals surface area contributed by atoms with Gasteiger partial charge in [0.15, 0.2) is 0 Å². The molecule has 0 saturated heterocycles. The number of allylic oxidation sites excluding steroid dienone is 10. The number of carbonyl (C=O) groups is 2. The number of hydrogen-bond acceptors (Lipinski definition) is 2. The van der Waals surface area contributed by atoms with Crippen LogP contribution in [0.1, 0.15) is 111 Å². The Bertz CT molecular complexity index is 605. The van der Waals surface area contributed by atoms with Gasteiger partial charge in [-0.25, -0.2) is 0 Å². The molecule has 0 aromatic heterocycles. The summed E-state index contributed by atoms with van der Waals surface area (Å²) in [5.41, 5.74) is 0. The molecule has 0 aliphatic heterocycles. The zero-order chi connectivity index (χ0) is 25.7. The number of carboxylic acids is 2. The zero-order valence-electron chi connectivity index (χ0n) is 22.0. The van der Waals surface area contributed by atoms with Gasteiger partial charge in [0.2, 0.25) is 0 Å². The summed E-state index contributed by atoms with van der Waals surface area (Å²) in [6, 6.07) is 0. The van der Waals surface area contributed by atoms with Crippen LogP contribution in [0.4, 0.5) is 0 Å². The third kappa shape index (κ3) is 29.6. The molecule has 0 aliphatic rings. The minimum Gasteiger partial charge on any atom is -0.481 e. The maximum absolute atomic E-state index is 10.5. The van der Waals surface area contributed by atoms with Gasteiger partial charge in [-0.3, -0.25) is 9.59 Å². The molecule has 0 aromatic carbocycles. The second kappa shape index (κ2) is 28.7. The van der Waals surface area contributed by atoms with Crippen LogP contribution in [-0.2, 0) is 9.59 Å². The highest BCUT2D eigenvalue weighted by molar-refractivity contribution is 5.69. The Balaban J connectivity index is 0. The fourth-order valence-corrected chi connectivity index (χ4v) is 3.17. The predicted molar refractivity (Wildman–Crippen MR) is 146 cm³/mol. The van der Waals surface area contributed by atoms with Gasteiger partial charge in [0, 0.05) is 6.42 Å². The van der Waals surface area contributed by atoms with Gasteiger partial charge < -0.3 is 10.2 Å². The number of unbranched alkanes of at least 4 members (excludes halogenated alkanes) is 3. The molecule has 0 bridgehead atoms. The maximum Gasteiger partial charge on any atom is 0.306 e. The minimum atomic E-state index is -0.690. The Kier molecular flexibility index (Phi) is 28.5. The zero-order valence-corrected chi connectivity index (χ0v) is 22.0. The van der Waals surface area contributed by atoms with E-state index in [1.54, 1.807) is 0 Å². The lowest BCUT2D eigenvalue weighted by molar-refractivity contribution is -0.142. The fourth-order valence-electron chi connectivity index (χ4n) is 3.17. The summed E-state index contributed by atoms with van der Waals surface area (Å²) in [6.07, 6.45) is 34.9. The first kappa shape index (κ1) is 33.8. The van der Waals surface area contributed by atoms with E-state index in [0.29, 0.717) is 6.42 Å². The number of hydrogen-bond donors (Lipinski definition) is 2. The van der Waals surface area contributed by atoms with E-state index in [4.69, 9.17) is 10.2 Å². The summed E-state index contributed by atoms with van der Waals surface area (Å²) in [5, 5.41) is 17.2. The van der Waals surface area contributed by atoms with Gasteiger partial charge in [-0.2, -0.15) is 0 Å². The molecule has 0 saturated carbocycles. The second-order valence-electron chi connectivity index (χ2n) is 8.31. The van der Waals surface area contributed by atoms with Crippen molar-refractivity contribution in [2.24, 2.45) is 5.92 Å². The Morgan fingerprint density at radius 2 is 1.06 bits per heavy atom. The molecule has 0 amide bonds. The van der Waals surface area contributed by atoms with Crippen molar-refractivity contribution in [1.82, 2.24) is 0 Å². The average molecular weight is 475 g/mol. The maximum atomic E-state index is 10.5. The standard InChI is InChI=1S/C22H34O2.C8H16O2/c1-2-3-4-5-6-7-8-9-10-11-12-13-14-15-16-17-18-19-20-21-22(23)24;1-3-5-7(6-4-2)8(9)10/h3-4,6-7,9-10,12-13,15-16H,2,5,8,11,14,17-21H2,1H3,(H,23,24);7H,3-6H2,1-2H3,(H,9,10). The van der Waals surface area contributed by atoms with E-state index in [0.717, 1.165) is 83.5 Å². The van der Waals surface area contributed by atoms with Crippen LogP contribution in [0.25, 0.3) is 0 Å². The lowest BCUT2D eigenvalue weighted by Crippen LogP contribution is -2.12. The average Bonchev–Trinajstić information content (AvgIpc) is 2.80. The number of carboxylic acid groups (broad SMARTS) is 2. The van der Waals surface area contributed by atoms with Crippen LogP contribution in [0, 0.1) is 5.92 Å². The lowest BCUT2D eigenvalue weighted by Gasteiger charge is -2.07. The molecule has 0 heterocycles. The minimum absolute atomic E-state index is 0.102. The molecule has 0 fully saturated rings. The van der Waals surface area contributed by atoms with E-state index in [2.05, 4.69) is 67.7 Å². The molecule has 4 heteroatoms. The van der Waals surface area contributed by atoms with Crippen LogP contribution in [0.2, 0.25) is 0 Å². The van der Waals surface area contributed by atoms with Crippen molar-refractivity contribution in [2.45, 2.75) is 111 Å². The molecular weight excluding hydrogens is 424 g/mol. The number of rotatable bonds is 20. The largest absolute Gasteiger partial charge is 0.481 e. The highest BCUT2D eigenvalue weighted by Gasteiger charge is 2.13.